The largest absolute Gasteiger partial charge is 0.508 e. The zero-order chi connectivity index (χ0) is 14.1. The molecule has 1 aliphatic rings. The van der Waals surface area contributed by atoms with Gasteiger partial charge < -0.3 is 14.9 Å². The summed E-state index contributed by atoms with van der Waals surface area (Å²) >= 11 is 0. The highest BCUT2D eigenvalue weighted by Crippen LogP contribution is 2.32. The third-order valence-electron chi connectivity index (χ3n) is 4.15. The summed E-state index contributed by atoms with van der Waals surface area (Å²) in [6, 6.07) is 6.04. The Morgan fingerprint density at radius 2 is 2.25 bits per heavy atom. The van der Waals surface area contributed by atoms with Crippen molar-refractivity contribution in [2.24, 2.45) is 0 Å². The number of phenols is 1. The van der Waals surface area contributed by atoms with Crippen LogP contribution in [0.15, 0.2) is 22.7 Å². The van der Waals surface area contributed by atoms with Gasteiger partial charge in [0.25, 0.3) is 0 Å². The van der Waals surface area contributed by atoms with Gasteiger partial charge in [-0.2, -0.15) is 0 Å². The molecule has 3 rings (SSSR count). The van der Waals surface area contributed by atoms with E-state index in [9.17, 15) is 5.11 Å². The van der Waals surface area contributed by atoms with Crippen LogP contribution < -0.4 is 5.32 Å². The van der Waals surface area contributed by atoms with Crippen LogP contribution >= 0.6 is 0 Å². The molecule has 1 heterocycles. The number of nitrogens with zero attached hydrogens (tertiary/aromatic N) is 1. The third-order valence-corrected chi connectivity index (χ3v) is 4.15. The van der Waals surface area contributed by atoms with Gasteiger partial charge in [-0.3, -0.25) is 0 Å². The summed E-state index contributed by atoms with van der Waals surface area (Å²) in [5.41, 5.74) is 4.67. The Balaban J connectivity index is 1.77. The fourth-order valence-corrected chi connectivity index (χ4v) is 2.99. The number of rotatable bonds is 3. The number of hydrogen-bond acceptors (Lipinski definition) is 4. The zero-order valence-electron chi connectivity index (χ0n) is 11.9. The van der Waals surface area contributed by atoms with Gasteiger partial charge in [0.1, 0.15) is 11.5 Å². The van der Waals surface area contributed by atoms with E-state index in [2.05, 4.69) is 10.5 Å². The first-order chi connectivity index (χ1) is 9.65. The molecule has 106 valence electrons. The molecule has 1 atom stereocenters. The molecule has 1 aromatic carbocycles. The molecule has 1 aromatic heterocycles. The van der Waals surface area contributed by atoms with Gasteiger partial charge in [0.05, 0.1) is 5.69 Å². The number of aromatic hydroxyl groups is 1. The molecule has 0 aliphatic heterocycles. The van der Waals surface area contributed by atoms with Crippen molar-refractivity contribution in [2.75, 3.05) is 0 Å². The summed E-state index contributed by atoms with van der Waals surface area (Å²) in [6.45, 7) is 4.69. The molecule has 0 spiro atoms. The number of nitrogens with one attached hydrogen (secondary N) is 1. The first-order valence-corrected chi connectivity index (χ1v) is 7.12. The minimum absolute atomic E-state index is 0.341. The predicted octanol–water partition coefficient (Wildman–Crippen LogP) is 3.16. The molecule has 1 aliphatic carbocycles. The van der Waals surface area contributed by atoms with Gasteiger partial charge in [-0.15, -0.1) is 0 Å². The molecule has 0 radical (unpaired) electrons. The van der Waals surface area contributed by atoms with Gasteiger partial charge >= 0.3 is 0 Å². The summed E-state index contributed by atoms with van der Waals surface area (Å²) in [7, 11) is 0. The Morgan fingerprint density at radius 3 is 3.00 bits per heavy atom. The average molecular weight is 272 g/mol. The number of fused-ring (bicyclic) bond motifs is 1. The summed E-state index contributed by atoms with van der Waals surface area (Å²) < 4.78 is 5.20. The first kappa shape index (κ1) is 13.2. The molecule has 2 N–H and O–H groups in total. The van der Waals surface area contributed by atoms with Gasteiger partial charge in [0.2, 0.25) is 0 Å². The van der Waals surface area contributed by atoms with E-state index in [0.717, 1.165) is 42.8 Å². The Labute approximate surface area is 118 Å². The second-order valence-electron chi connectivity index (χ2n) is 5.51. The van der Waals surface area contributed by atoms with Gasteiger partial charge in [0.15, 0.2) is 0 Å². The highest BCUT2D eigenvalue weighted by atomic mass is 16.5. The monoisotopic (exact) mass is 272 g/mol. The molecule has 0 bridgehead atoms. The van der Waals surface area contributed by atoms with Crippen LogP contribution in [0.2, 0.25) is 0 Å². The van der Waals surface area contributed by atoms with Gasteiger partial charge in [-0.25, -0.2) is 0 Å². The number of benzene rings is 1. The normalized spacial score (nSPS) is 18.0. The molecule has 0 saturated carbocycles. The topological polar surface area (TPSA) is 58.3 Å². The standard InChI is InChI=1S/C16H20N2O2/c1-10-15(11(2)20-18-10)9-17-16-5-3-4-12-8-13(19)6-7-14(12)16/h6-8,16-17,19H,3-5,9H2,1-2H3. The van der Waals surface area contributed by atoms with E-state index in [0.29, 0.717) is 11.8 Å². The first-order valence-electron chi connectivity index (χ1n) is 7.12. The lowest BCUT2D eigenvalue weighted by molar-refractivity contribution is 0.390. The highest BCUT2D eigenvalue weighted by Gasteiger charge is 2.21. The van der Waals surface area contributed by atoms with Crippen LogP contribution in [0.25, 0.3) is 0 Å². The van der Waals surface area contributed by atoms with Crippen molar-refractivity contribution in [3.8, 4) is 5.75 Å². The van der Waals surface area contributed by atoms with Crippen molar-refractivity contribution in [2.45, 2.75) is 45.7 Å². The number of hydrogen-bond donors (Lipinski definition) is 2. The summed E-state index contributed by atoms with van der Waals surface area (Å²) in [5, 5.41) is 17.2. The number of aryl methyl sites for hydroxylation is 3. The maximum Gasteiger partial charge on any atom is 0.138 e. The second-order valence-corrected chi connectivity index (χ2v) is 5.51. The molecule has 2 aromatic rings. The summed E-state index contributed by atoms with van der Waals surface area (Å²) in [4.78, 5) is 0. The van der Waals surface area contributed by atoms with Crippen molar-refractivity contribution in [1.82, 2.24) is 10.5 Å². The molecule has 0 fully saturated rings. The lowest BCUT2D eigenvalue weighted by Crippen LogP contribution is -2.25. The van der Waals surface area contributed by atoms with Crippen LogP contribution in [0, 0.1) is 13.8 Å². The lowest BCUT2D eigenvalue weighted by Gasteiger charge is -2.26. The third kappa shape index (κ3) is 2.43. The van der Waals surface area contributed by atoms with Crippen LogP contribution in [0.5, 0.6) is 5.75 Å². The second kappa shape index (κ2) is 5.29. The predicted molar refractivity (Wildman–Crippen MR) is 76.6 cm³/mol. The minimum Gasteiger partial charge on any atom is -0.508 e. The zero-order valence-corrected chi connectivity index (χ0v) is 11.9. The Bertz CT molecular complexity index is 599. The molecule has 0 saturated heterocycles. The van der Waals surface area contributed by atoms with Crippen molar-refractivity contribution in [1.29, 1.82) is 0 Å². The maximum atomic E-state index is 9.59. The number of aromatic nitrogens is 1. The van der Waals surface area contributed by atoms with Crippen LogP contribution in [0.1, 0.15) is 47.0 Å². The quantitative estimate of drug-likeness (QED) is 0.901. The smallest absolute Gasteiger partial charge is 0.138 e. The van der Waals surface area contributed by atoms with E-state index in [-0.39, 0.29) is 0 Å². The SMILES string of the molecule is Cc1noc(C)c1CNC1CCCc2cc(O)ccc21. The van der Waals surface area contributed by atoms with Crippen LogP contribution in [-0.2, 0) is 13.0 Å². The van der Waals surface area contributed by atoms with Gasteiger partial charge in [-0.1, -0.05) is 11.2 Å². The van der Waals surface area contributed by atoms with Crippen LogP contribution in [0.4, 0.5) is 0 Å². The average Bonchev–Trinajstić information content (AvgIpc) is 2.75. The van der Waals surface area contributed by atoms with E-state index in [1.54, 1.807) is 6.07 Å². The van der Waals surface area contributed by atoms with E-state index in [4.69, 9.17) is 4.52 Å². The molecular weight excluding hydrogens is 252 g/mol. The molecule has 4 nitrogen and oxygen atoms in total. The molecule has 0 amide bonds. The van der Waals surface area contributed by atoms with Gasteiger partial charge in [-0.05, 0) is 56.4 Å². The fraction of sp³-hybridized carbons (Fsp3) is 0.438. The van der Waals surface area contributed by atoms with Crippen molar-refractivity contribution in [3.05, 3.63) is 46.3 Å². The lowest BCUT2D eigenvalue weighted by atomic mass is 9.87. The molecule has 1 unspecified atom stereocenters. The maximum absolute atomic E-state index is 9.59. The van der Waals surface area contributed by atoms with E-state index < -0.39 is 0 Å². The molecule has 20 heavy (non-hydrogen) atoms. The minimum atomic E-state index is 0.341. The Morgan fingerprint density at radius 1 is 1.40 bits per heavy atom. The fourth-order valence-electron chi connectivity index (χ4n) is 2.99. The van der Waals surface area contributed by atoms with E-state index in [1.807, 2.05) is 26.0 Å². The van der Waals surface area contributed by atoms with Gasteiger partial charge in [0, 0.05) is 18.2 Å². The van der Waals surface area contributed by atoms with E-state index >= 15 is 0 Å². The molecule has 4 heteroatoms. The van der Waals surface area contributed by atoms with Crippen molar-refractivity contribution >= 4 is 0 Å². The van der Waals surface area contributed by atoms with Crippen molar-refractivity contribution < 1.29 is 9.63 Å². The van der Waals surface area contributed by atoms with Crippen LogP contribution in [0.3, 0.4) is 0 Å². The Hall–Kier alpha value is -1.81. The highest BCUT2D eigenvalue weighted by molar-refractivity contribution is 5.38. The molecular formula is C16H20N2O2. The van der Waals surface area contributed by atoms with Crippen molar-refractivity contribution in [3.63, 3.8) is 0 Å². The summed E-state index contributed by atoms with van der Waals surface area (Å²) in [6.07, 6.45) is 3.32. The van der Waals surface area contributed by atoms with Crippen LogP contribution in [-0.4, -0.2) is 10.3 Å². The van der Waals surface area contributed by atoms with E-state index in [1.165, 1.54) is 11.1 Å². The summed E-state index contributed by atoms with van der Waals surface area (Å²) in [5.74, 6) is 1.24. The number of phenolic OH excluding ortho intramolecular Hbond substituents is 1. The Kier molecular flexibility index (Phi) is 3.49.